The number of aromatic nitrogens is 3. The Bertz CT molecular complexity index is 951. The molecule has 10 heteroatoms. The molecule has 162 valence electrons. The second kappa shape index (κ2) is 7.38. The minimum atomic E-state index is -1.68. The maximum absolute atomic E-state index is 14.1. The Hall–Kier alpha value is -1.85. The van der Waals surface area contributed by atoms with Crippen molar-refractivity contribution < 1.29 is 23.2 Å². The van der Waals surface area contributed by atoms with E-state index in [1.165, 1.54) is 24.8 Å². The van der Waals surface area contributed by atoms with Crippen LogP contribution in [0.15, 0.2) is 16.8 Å². The van der Waals surface area contributed by atoms with Gasteiger partial charge in [-0.25, -0.2) is 18.6 Å². The molecule has 3 saturated carbocycles. The van der Waals surface area contributed by atoms with Crippen LogP contribution in [0.5, 0.6) is 0 Å². The number of rotatable bonds is 5. The number of amides is 1. The van der Waals surface area contributed by atoms with Gasteiger partial charge in [-0.2, -0.15) is 4.98 Å². The molecule has 0 aromatic carbocycles. The molecular weight excluding hydrogens is 509 g/mol. The molecule has 0 saturated heterocycles. The van der Waals surface area contributed by atoms with Crippen LogP contribution in [0.3, 0.4) is 0 Å². The van der Waals surface area contributed by atoms with E-state index >= 15 is 0 Å². The van der Waals surface area contributed by atoms with Gasteiger partial charge in [0.25, 0.3) is 5.89 Å². The summed E-state index contributed by atoms with van der Waals surface area (Å²) in [5.41, 5.74) is -2.10. The number of anilines is 1. The minimum absolute atomic E-state index is 0.0108. The highest BCUT2D eigenvalue weighted by atomic mass is 127. The van der Waals surface area contributed by atoms with Gasteiger partial charge >= 0.3 is 6.09 Å². The van der Waals surface area contributed by atoms with Gasteiger partial charge in [-0.1, -0.05) is 5.16 Å². The van der Waals surface area contributed by atoms with E-state index in [4.69, 9.17) is 4.52 Å². The summed E-state index contributed by atoms with van der Waals surface area (Å²) in [6, 6.07) is 1.45. The molecule has 2 bridgehead atoms. The third-order valence-corrected chi connectivity index (χ3v) is 7.43. The number of fused-ring (bicyclic) bond motifs is 3. The van der Waals surface area contributed by atoms with E-state index in [-0.39, 0.29) is 22.5 Å². The highest BCUT2D eigenvalue weighted by molar-refractivity contribution is 14.1. The largest absolute Gasteiger partial charge is 0.465 e. The standard InChI is InChI=1S/C20H23F2IN4O3/c1-18(2,22)16-25-15(26-30-16)20-6-3-19(4-7-20,5-8-20)11-27(17(28)29)14-9-13(23)12(21)10-24-14/h9-10H,3-8,11H2,1-2H3,(H,28,29). The molecule has 2 heterocycles. The van der Waals surface area contributed by atoms with Gasteiger partial charge in [0.05, 0.1) is 9.77 Å². The first-order valence-electron chi connectivity index (χ1n) is 9.89. The summed E-state index contributed by atoms with van der Waals surface area (Å²) in [5.74, 6) is 0.307. The molecule has 0 aliphatic heterocycles. The first-order valence-corrected chi connectivity index (χ1v) is 11.0. The maximum Gasteiger partial charge on any atom is 0.413 e. The van der Waals surface area contributed by atoms with Crippen molar-refractivity contribution in [1.82, 2.24) is 15.1 Å². The number of hydrogen-bond donors (Lipinski definition) is 1. The third-order valence-electron chi connectivity index (χ3n) is 6.61. The molecule has 7 nitrogen and oxygen atoms in total. The van der Waals surface area contributed by atoms with Crippen molar-refractivity contribution in [3.05, 3.63) is 33.4 Å². The van der Waals surface area contributed by atoms with Crippen molar-refractivity contribution in [3.8, 4) is 0 Å². The Kier molecular flexibility index (Phi) is 5.26. The van der Waals surface area contributed by atoms with Gasteiger partial charge in [-0.15, -0.1) is 0 Å². The van der Waals surface area contributed by atoms with E-state index in [2.05, 4.69) is 15.1 Å². The van der Waals surface area contributed by atoms with Gasteiger partial charge in [-0.05, 0) is 86.4 Å². The normalized spacial score (nSPS) is 26.0. The molecule has 3 fully saturated rings. The molecule has 1 amide bonds. The lowest BCUT2D eigenvalue weighted by Crippen LogP contribution is -2.51. The van der Waals surface area contributed by atoms with Gasteiger partial charge in [0, 0.05) is 12.0 Å². The summed E-state index contributed by atoms with van der Waals surface area (Å²) in [4.78, 5) is 21.5. The Morgan fingerprint density at radius 3 is 2.43 bits per heavy atom. The molecule has 0 unspecified atom stereocenters. The zero-order valence-electron chi connectivity index (χ0n) is 16.8. The van der Waals surface area contributed by atoms with Gasteiger partial charge in [-0.3, -0.25) is 4.90 Å². The Labute approximate surface area is 186 Å². The van der Waals surface area contributed by atoms with E-state index in [0.717, 1.165) is 44.7 Å². The zero-order valence-corrected chi connectivity index (χ0v) is 18.9. The van der Waals surface area contributed by atoms with Crippen molar-refractivity contribution in [2.75, 3.05) is 11.4 Å². The number of nitrogens with zero attached hydrogens (tertiary/aromatic N) is 4. The highest BCUT2D eigenvalue weighted by Gasteiger charge is 2.52. The number of alkyl halides is 1. The second-order valence-corrected chi connectivity index (χ2v) is 10.2. The van der Waals surface area contributed by atoms with E-state index in [9.17, 15) is 18.7 Å². The maximum atomic E-state index is 14.1. The van der Waals surface area contributed by atoms with E-state index in [1.807, 2.05) is 22.6 Å². The van der Waals surface area contributed by atoms with Crippen molar-refractivity contribution in [3.63, 3.8) is 0 Å². The molecule has 0 radical (unpaired) electrons. The number of pyridine rings is 1. The predicted octanol–water partition coefficient (Wildman–Crippen LogP) is 5.19. The molecule has 5 rings (SSSR count). The summed E-state index contributed by atoms with van der Waals surface area (Å²) < 4.78 is 33.2. The summed E-state index contributed by atoms with van der Waals surface area (Å²) in [6.45, 7) is 3.09. The van der Waals surface area contributed by atoms with Crippen LogP contribution in [-0.2, 0) is 11.1 Å². The molecule has 1 N–H and O–H groups in total. The van der Waals surface area contributed by atoms with Gasteiger partial charge < -0.3 is 9.63 Å². The molecule has 30 heavy (non-hydrogen) atoms. The Balaban J connectivity index is 1.52. The lowest BCUT2D eigenvalue weighted by molar-refractivity contribution is 0.0395. The summed E-state index contributed by atoms with van der Waals surface area (Å²) in [7, 11) is 0. The molecular formula is C20H23F2IN4O3. The Morgan fingerprint density at radius 2 is 1.93 bits per heavy atom. The number of hydrogen-bond acceptors (Lipinski definition) is 5. The topological polar surface area (TPSA) is 92.4 Å². The van der Waals surface area contributed by atoms with Crippen LogP contribution in [0.2, 0.25) is 0 Å². The van der Waals surface area contributed by atoms with Crippen molar-refractivity contribution >= 4 is 34.5 Å². The SMILES string of the molecule is CC(C)(F)c1nc(C23CCC(CN(C(=O)O)c4cc(I)c(F)cn4)(CC2)CC3)no1. The van der Waals surface area contributed by atoms with Crippen LogP contribution in [0, 0.1) is 14.8 Å². The average Bonchev–Trinajstić information content (AvgIpc) is 3.21. The van der Waals surface area contributed by atoms with Crippen LogP contribution in [0.4, 0.5) is 19.4 Å². The van der Waals surface area contributed by atoms with E-state index in [0.29, 0.717) is 15.9 Å². The number of halogens is 3. The smallest absolute Gasteiger partial charge is 0.413 e. The highest BCUT2D eigenvalue weighted by Crippen LogP contribution is 2.57. The molecule has 3 aliphatic carbocycles. The fourth-order valence-corrected chi connectivity index (χ4v) is 5.07. The molecule has 0 atom stereocenters. The molecule has 2 aromatic heterocycles. The average molecular weight is 532 g/mol. The van der Waals surface area contributed by atoms with Gasteiger partial charge in [0.2, 0.25) is 0 Å². The molecule has 0 spiro atoms. The summed E-state index contributed by atoms with van der Waals surface area (Å²) in [5, 5.41) is 13.8. The monoisotopic (exact) mass is 532 g/mol. The second-order valence-electron chi connectivity index (χ2n) is 9.00. The zero-order chi connectivity index (χ0) is 21.7. The predicted molar refractivity (Wildman–Crippen MR) is 113 cm³/mol. The van der Waals surface area contributed by atoms with Crippen LogP contribution < -0.4 is 4.90 Å². The third kappa shape index (κ3) is 3.78. The lowest BCUT2D eigenvalue weighted by Gasteiger charge is -2.53. The van der Waals surface area contributed by atoms with Crippen molar-refractivity contribution in [2.45, 2.75) is 63.5 Å². The minimum Gasteiger partial charge on any atom is -0.465 e. The van der Waals surface area contributed by atoms with Crippen molar-refractivity contribution in [2.24, 2.45) is 5.41 Å². The van der Waals surface area contributed by atoms with Crippen LogP contribution in [-0.4, -0.2) is 32.9 Å². The number of carbonyl (C=O) groups is 1. The van der Waals surface area contributed by atoms with E-state index < -0.39 is 17.6 Å². The Morgan fingerprint density at radius 1 is 1.30 bits per heavy atom. The lowest BCUT2D eigenvalue weighted by atomic mass is 9.53. The van der Waals surface area contributed by atoms with Crippen molar-refractivity contribution in [1.29, 1.82) is 0 Å². The molecule has 3 aliphatic rings. The summed E-state index contributed by atoms with van der Waals surface area (Å²) >= 11 is 1.83. The summed E-state index contributed by atoms with van der Waals surface area (Å²) in [6.07, 6.45) is 4.74. The first-order chi connectivity index (χ1) is 14.0. The fraction of sp³-hybridized carbons (Fsp3) is 0.600. The van der Waals surface area contributed by atoms with Crippen LogP contribution >= 0.6 is 22.6 Å². The van der Waals surface area contributed by atoms with Crippen LogP contribution in [0.25, 0.3) is 0 Å². The first kappa shape index (κ1) is 21.4. The number of carboxylic acid groups (broad SMARTS) is 1. The van der Waals surface area contributed by atoms with Crippen LogP contribution in [0.1, 0.15) is 64.1 Å². The van der Waals surface area contributed by atoms with Gasteiger partial charge in [0.15, 0.2) is 17.3 Å². The fourth-order valence-electron chi connectivity index (χ4n) is 4.65. The van der Waals surface area contributed by atoms with E-state index in [1.54, 1.807) is 0 Å². The van der Waals surface area contributed by atoms with Gasteiger partial charge in [0.1, 0.15) is 5.82 Å². The molecule has 2 aromatic rings. The quantitative estimate of drug-likeness (QED) is 0.533.